The van der Waals surface area contributed by atoms with Crippen molar-refractivity contribution in [1.82, 2.24) is 4.98 Å². The van der Waals surface area contributed by atoms with E-state index in [0.29, 0.717) is 21.5 Å². The predicted molar refractivity (Wildman–Crippen MR) is 105 cm³/mol. The summed E-state index contributed by atoms with van der Waals surface area (Å²) in [6.07, 6.45) is 4.40. The minimum Gasteiger partial charge on any atom is -0.484 e. The first-order valence-corrected chi connectivity index (χ1v) is 9.97. The first kappa shape index (κ1) is 19.4. The van der Waals surface area contributed by atoms with Crippen LogP contribution in [0.3, 0.4) is 0 Å². The van der Waals surface area contributed by atoms with Crippen LogP contribution >= 0.6 is 11.3 Å². The number of anilines is 1. The van der Waals surface area contributed by atoms with Crippen molar-refractivity contribution in [3.05, 3.63) is 39.9 Å². The van der Waals surface area contributed by atoms with E-state index in [-0.39, 0.29) is 18.6 Å². The molecule has 144 valence electrons. The molecule has 6 nitrogen and oxygen atoms in total. The molecule has 0 saturated heterocycles. The van der Waals surface area contributed by atoms with Crippen LogP contribution in [0, 0.1) is 6.92 Å². The molecule has 1 amide bonds. The Bertz CT molecular complexity index is 845. The van der Waals surface area contributed by atoms with E-state index in [2.05, 4.69) is 16.4 Å². The summed E-state index contributed by atoms with van der Waals surface area (Å²) in [4.78, 5) is 28.8. The Morgan fingerprint density at radius 1 is 1.22 bits per heavy atom. The van der Waals surface area contributed by atoms with Crippen molar-refractivity contribution in [3.63, 3.8) is 0 Å². The van der Waals surface area contributed by atoms with Gasteiger partial charge in [0.25, 0.3) is 5.91 Å². The number of carbonyl (C=O) groups is 2. The maximum atomic E-state index is 12.2. The molecular weight excluding hydrogens is 364 g/mol. The summed E-state index contributed by atoms with van der Waals surface area (Å²) in [5.41, 5.74) is 3.22. The highest BCUT2D eigenvalue weighted by molar-refractivity contribution is 7.17. The molecule has 0 spiro atoms. The Morgan fingerprint density at radius 2 is 1.96 bits per heavy atom. The zero-order chi connectivity index (χ0) is 19.4. The molecule has 1 heterocycles. The number of hydrogen-bond donors (Lipinski definition) is 1. The molecule has 0 saturated carbocycles. The number of ether oxygens (including phenoxy) is 2. The molecule has 1 aromatic carbocycles. The van der Waals surface area contributed by atoms with Crippen molar-refractivity contribution in [2.24, 2.45) is 0 Å². The van der Waals surface area contributed by atoms with Crippen LogP contribution in [0.1, 0.15) is 53.2 Å². The van der Waals surface area contributed by atoms with Crippen molar-refractivity contribution in [3.8, 4) is 5.75 Å². The SMILES string of the molecule is Cc1nc(NC(=O)COc2ccc3c(c2)CCCC3)sc1C(=O)OC(C)C. The van der Waals surface area contributed by atoms with Gasteiger partial charge in [-0.15, -0.1) is 0 Å². The highest BCUT2D eigenvalue weighted by Crippen LogP contribution is 2.26. The van der Waals surface area contributed by atoms with Gasteiger partial charge in [0.1, 0.15) is 10.6 Å². The Balaban J connectivity index is 1.56. The quantitative estimate of drug-likeness (QED) is 0.759. The number of thiazole rings is 1. The van der Waals surface area contributed by atoms with E-state index in [4.69, 9.17) is 9.47 Å². The highest BCUT2D eigenvalue weighted by Gasteiger charge is 2.19. The normalized spacial score (nSPS) is 13.2. The molecule has 0 atom stereocenters. The number of amides is 1. The molecule has 1 aliphatic carbocycles. The first-order valence-electron chi connectivity index (χ1n) is 9.15. The van der Waals surface area contributed by atoms with Gasteiger partial charge >= 0.3 is 5.97 Å². The minimum absolute atomic E-state index is 0.108. The molecule has 1 aliphatic rings. The molecule has 0 unspecified atom stereocenters. The average Bonchev–Trinajstić information content (AvgIpc) is 2.99. The van der Waals surface area contributed by atoms with Crippen molar-refractivity contribution >= 4 is 28.3 Å². The fourth-order valence-corrected chi connectivity index (χ4v) is 3.88. The molecule has 2 aromatic rings. The molecular formula is C20H24N2O4S. The Kier molecular flexibility index (Phi) is 6.11. The van der Waals surface area contributed by atoms with Crippen LogP contribution in [0.5, 0.6) is 5.75 Å². The number of aryl methyl sites for hydroxylation is 3. The van der Waals surface area contributed by atoms with Crippen LogP contribution in [-0.2, 0) is 22.4 Å². The van der Waals surface area contributed by atoms with E-state index in [1.54, 1.807) is 20.8 Å². The summed E-state index contributed by atoms with van der Waals surface area (Å²) < 4.78 is 10.8. The molecule has 0 radical (unpaired) electrons. The van der Waals surface area contributed by atoms with Gasteiger partial charge in [-0.25, -0.2) is 9.78 Å². The number of aromatic nitrogens is 1. The van der Waals surface area contributed by atoms with Crippen molar-refractivity contribution in [2.75, 3.05) is 11.9 Å². The average molecular weight is 388 g/mol. The molecule has 3 rings (SSSR count). The van der Waals surface area contributed by atoms with Gasteiger partial charge in [-0.2, -0.15) is 0 Å². The summed E-state index contributed by atoms with van der Waals surface area (Å²) in [5.74, 6) is -0.0432. The van der Waals surface area contributed by atoms with E-state index >= 15 is 0 Å². The van der Waals surface area contributed by atoms with Crippen LogP contribution in [0.15, 0.2) is 18.2 Å². The zero-order valence-electron chi connectivity index (χ0n) is 15.8. The van der Waals surface area contributed by atoms with Gasteiger partial charge < -0.3 is 9.47 Å². The van der Waals surface area contributed by atoms with Crippen LogP contribution < -0.4 is 10.1 Å². The van der Waals surface area contributed by atoms with Gasteiger partial charge in [-0.05, 0) is 69.7 Å². The lowest BCUT2D eigenvalue weighted by molar-refractivity contribution is -0.118. The van der Waals surface area contributed by atoms with Gasteiger partial charge in [0, 0.05) is 0 Å². The van der Waals surface area contributed by atoms with Gasteiger partial charge in [0.2, 0.25) is 0 Å². The van der Waals surface area contributed by atoms with E-state index in [1.165, 1.54) is 24.0 Å². The number of carbonyl (C=O) groups excluding carboxylic acids is 2. The second-order valence-electron chi connectivity index (χ2n) is 6.86. The molecule has 1 N–H and O–H groups in total. The lowest BCUT2D eigenvalue weighted by atomic mass is 9.92. The lowest BCUT2D eigenvalue weighted by Gasteiger charge is -2.16. The van der Waals surface area contributed by atoms with E-state index in [1.807, 2.05) is 12.1 Å². The van der Waals surface area contributed by atoms with E-state index in [9.17, 15) is 9.59 Å². The fourth-order valence-electron chi connectivity index (χ4n) is 3.01. The number of nitrogens with one attached hydrogen (secondary N) is 1. The maximum Gasteiger partial charge on any atom is 0.350 e. The summed E-state index contributed by atoms with van der Waals surface area (Å²) in [6, 6.07) is 6.01. The van der Waals surface area contributed by atoms with Crippen LogP contribution in [-0.4, -0.2) is 29.6 Å². The Morgan fingerprint density at radius 3 is 2.70 bits per heavy atom. The lowest BCUT2D eigenvalue weighted by Crippen LogP contribution is -2.20. The van der Waals surface area contributed by atoms with Crippen molar-refractivity contribution in [2.45, 2.75) is 52.6 Å². The number of hydrogen-bond acceptors (Lipinski definition) is 6. The molecule has 0 bridgehead atoms. The van der Waals surface area contributed by atoms with Crippen molar-refractivity contribution in [1.29, 1.82) is 0 Å². The van der Waals surface area contributed by atoms with Crippen LogP contribution in [0.2, 0.25) is 0 Å². The standard InChI is InChI=1S/C20H24N2O4S/c1-12(2)26-19(24)18-13(3)21-20(27-18)22-17(23)11-25-16-9-8-14-6-4-5-7-15(14)10-16/h8-10,12H,4-7,11H2,1-3H3,(H,21,22,23). The number of rotatable bonds is 6. The molecule has 0 aliphatic heterocycles. The molecule has 27 heavy (non-hydrogen) atoms. The summed E-state index contributed by atoms with van der Waals surface area (Å²) in [7, 11) is 0. The van der Waals surface area contributed by atoms with Gasteiger partial charge in [-0.1, -0.05) is 17.4 Å². The Labute approximate surface area is 162 Å². The van der Waals surface area contributed by atoms with Crippen LogP contribution in [0.25, 0.3) is 0 Å². The van der Waals surface area contributed by atoms with Gasteiger partial charge in [0.05, 0.1) is 11.8 Å². The first-order chi connectivity index (χ1) is 12.9. The number of benzene rings is 1. The zero-order valence-corrected chi connectivity index (χ0v) is 16.6. The van der Waals surface area contributed by atoms with E-state index in [0.717, 1.165) is 24.2 Å². The third-order valence-corrected chi connectivity index (χ3v) is 5.31. The number of fused-ring (bicyclic) bond motifs is 1. The van der Waals surface area contributed by atoms with Crippen LogP contribution in [0.4, 0.5) is 5.13 Å². The highest BCUT2D eigenvalue weighted by atomic mass is 32.1. The maximum absolute atomic E-state index is 12.2. The molecule has 7 heteroatoms. The van der Waals surface area contributed by atoms with E-state index < -0.39 is 5.97 Å². The minimum atomic E-state index is -0.425. The Hall–Kier alpha value is -2.41. The predicted octanol–water partition coefficient (Wildman–Crippen LogP) is 3.91. The van der Waals surface area contributed by atoms with Gasteiger partial charge in [0.15, 0.2) is 11.7 Å². The van der Waals surface area contributed by atoms with Crippen molar-refractivity contribution < 1.29 is 19.1 Å². The summed E-state index contributed by atoms with van der Waals surface area (Å²) in [5, 5.41) is 3.04. The molecule has 1 aromatic heterocycles. The second kappa shape index (κ2) is 8.52. The third kappa shape index (κ3) is 5.07. The molecule has 0 fully saturated rings. The smallest absolute Gasteiger partial charge is 0.350 e. The topological polar surface area (TPSA) is 77.5 Å². The second-order valence-corrected chi connectivity index (χ2v) is 7.86. The number of esters is 1. The largest absolute Gasteiger partial charge is 0.484 e. The fraction of sp³-hybridized carbons (Fsp3) is 0.450. The summed E-state index contributed by atoms with van der Waals surface area (Å²) in [6.45, 7) is 5.18. The monoisotopic (exact) mass is 388 g/mol. The number of nitrogens with zero attached hydrogens (tertiary/aromatic N) is 1. The third-order valence-electron chi connectivity index (χ3n) is 4.26. The summed E-state index contributed by atoms with van der Waals surface area (Å²) >= 11 is 1.11. The van der Waals surface area contributed by atoms with Gasteiger partial charge in [-0.3, -0.25) is 10.1 Å².